The van der Waals surface area contributed by atoms with Crippen LogP contribution in [0.4, 0.5) is 0 Å². The summed E-state index contributed by atoms with van der Waals surface area (Å²) in [4.78, 5) is 4.15. The van der Waals surface area contributed by atoms with Gasteiger partial charge in [0, 0.05) is 26.0 Å². The van der Waals surface area contributed by atoms with Crippen molar-refractivity contribution in [3.8, 4) is 0 Å². The molecule has 0 aliphatic carbocycles. The Morgan fingerprint density at radius 1 is 1.14 bits per heavy atom. The Labute approximate surface area is 84.8 Å². The highest BCUT2D eigenvalue weighted by Crippen LogP contribution is 2.18. The number of hydrogen-bond acceptors (Lipinski definition) is 2. The molecule has 72 valence electrons. The van der Waals surface area contributed by atoms with E-state index in [1.807, 2.05) is 24.2 Å². The van der Waals surface area contributed by atoms with E-state index in [-0.39, 0.29) is 0 Å². The third-order valence-electron chi connectivity index (χ3n) is 2.40. The second-order valence-corrected chi connectivity index (χ2v) is 3.44. The second kappa shape index (κ2) is 3.58. The number of nitrogens with zero attached hydrogens (tertiary/aromatic N) is 2. The molecule has 1 heterocycles. The van der Waals surface area contributed by atoms with Crippen LogP contribution in [0.1, 0.15) is 5.56 Å². The number of hydrogen-bond donors (Lipinski definition) is 0. The van der Waals surface area contributed by atoms with Gasteiger partial charge in [-0.1, -0.05) is 36.9 Å². The Morgan fingerprint density at radius 2 is 1.86 bits per heavy atom. The van der Waals surface area contributed by atoms with Crippen LogP contribution in [0.15, 0.2) is 55.1 Å². The first-order valence-electron chi connectivity index (χ1n) is 4.68. The number of rotatable bonds is 2. The van der Waals surface area contributed by atoms with E-state index in [9.17, 15) is 0 Å². The summed E-state index contributed by atoms with van der Waals surface area (Å²) in [6, 6.07) is 10.4. The van der Waals surface area contributed by atoms with Crippen LogP contribution < -0.4 is 0 Å². The highest BCUT2D eigenvalue weighted by molar-refractivity contribution is 5.18. The lowest BCUT2D eigenvalue weighted by Gasteiger charge is -2.20. The third kappa shape index (κ3) is 1.64. The first-order valence-corrected chi connectivity index (χ1v) is 4.68. The van der Waals surface area contributed by atoms with E-state index < -0.39 is 0 Å². The predicted octanol–water partition coefficient (Wildman–Crippen LogP) is 2.38. The van der Waals surface area contributed by atoms with Crippen molar-refractivity contribution in [1.82, 2.24) is 9.80 Å². The van der Waals surface area contributed by atoms with Gasteiger partial charge >= 0.3 is 0 Å². The Hall–Kier alpha value is -1.70. The van der Waals surface area contributed by atoms with E-state index in [1.165, 1.54) is 5.56 Å². The molecule has 0 spiro atoms. The molecule has 0 atom stereocenters. The molecule has 1 aliphatic heterocycles. The van der Waals surface area contributed by atoms with Gasteiger partial charge in [0.05, 0.1) is 0 Å². The Kier molecular flexibility index (Phi) is 2.27. The maximum absolute atomic E-state index is 4.00. The van der Waals surface area contributed by atoms with Gasteiger partial charge in [0.2, 0.25) is 0 Å². The van der Waals surface area contributed by atoms with Crippen molar-refractivity contribution in [3.63, 3.8) is 0 Å². The lowest BCUT2D eigenvalue weighted by molar-refractivity contribution is 0.390. The molecule has 0 amide bonds. The second-order valence-electron chi connectivity index (χ2n) is 3.44. The maximum atomic E-state index is 4.00. The smallest absolute Gasteiger partial charge is 0.105 e. The quantitative estimate of drug-likeness (QED) is 0.699. The molecule has 1 aromatic rings. The van der Waals surface area contributed by atoms with Crippen LogP contribution >= 0.6 is 0 Å². The molecule has 0 fully saturated rings. The lowest BCUT2D eigenvalue weighted by Crippen LogP contribution is -2.18. The van der Waals surface area contributed by atoms with E-state index in [2.05, 4.69) is 41.9 Å². The van der Waals surface area contributed by atoms with Crippen molar-refractivity contribution in [2.75, 3.05) is 7.05 Å². The van der Waals surface area contributed by atoms with Crippen molar-refractivity contribution >= 4 is 0 Å². The van der Waals surface area contributed by atoms with Gasteiger partial charge in [0.25, 0.3) is 0 Å². The molecule has 0 N–H and O–H groups in total. The highest BCUT2D eigenvalue weighted by Gasteiger charge is 2.13. The fourth-order valence-corrected chi connectivity index (χ4v) is 1.48. The summed E-state index contributed by atoms with van der Waals surface area (Å²) in [5, 5.41) is 0. The normalized spacial score (nSPS) is 15.4. The van der Waals surface area contributed by atoms with E-state index in [0.717, 1.165) is 12.4 Å². The molecule has 0 radical (unpaired) electrons. The van der Waals surface area contributed by atoms with Gasteiger partial charge in [0.15, 0.2) is 0 Å². The molecule has 0 saturated carbocycles. The van der Waals surface area contributed by atoms with Gasteiger partial charge in [-0.25, -0.2) is 0 Å². The topological polar surface area (TPSA) is 6.48 Å². The SMILES string of the molecule is C=C1N(C)C=CN1Cc1ccccc1. The summed E-state index contributed by atoms with van der Waals surface area (Å²) in [7, 11) is 2.00. The molecule has 2 heteroatoms. The summed E-state index contributed by atoms with van der Waals surface area (Å²) in [5.41, 5.74) is 1.30. The van der Waals surface area contributed by atoms with Crippen LogP contribution in [0.2, 0.25) is 0 Å². The molecular formula is C12H14N2. The van der Waals surface area contributed by atoms with Crippen LogP contribution in [-0.4, -0.2) is 16.8 Å². The van der Waals surface area contributed by atoms with Crippen LogP contribution in [0.25, 0.3) is 0 Å². The van der Waals surface area contributed by atoms with Crippen LogP contribution in [0, 0.1) is 0 Å². The van der Waals surface area contributed by atoms with Gasteiger partial charge in [-0.2, -0.15) is 0 Å². The standard InChI is InChI=1S/C12H14N2/c1-11-13(2)8-9-14(11)10-12-6-4-3-5-7-12/h3-9H,1,10H2,2H3. The minimum atomic E-state index is 0.889. The summed E-state index contributed by atoms with van der Waals surface area (Å²) in [6.07, 6.45) is 4.07. The Morgan fingerprint density at radius 3 is 2.43 bits per heavy atom. The Bertz CT molecular complexity index is 354. The predicted molar refractivity (Wildman–Crippen MR) is 58.0 cm³/mol. The monoisotopic (exact) mass is 186 g/mol. The molecule has 14 heavy (non-hydrogen) atoms. The van der Waals surface area contributed by atoms with Gasteiger partial charge in [-0.05, 0) is 5.56 Å². The van der Waals surface area contributed by atoms with Gasteiger partial charge in [-0.3, -0.25) is 0 Å². The first-order chi connectivity index (χ1) is 6.77. The Balaban J connectivity index is 2.07. The van der Waals surface area contributed by atoms with Gasteiger partial charge < -0.3 is 9.80 Å². The van der Waals surface area contributed by atoms with Gasteiger partial charge in [0.1, 0.15) is 5.82 Å². The van der Waals surface area contributed by atoms with E-state index in [0.29, 0.717) is 0 Å². The minimum Gasteiger partial charge on any atom is -0.337 e. The van der Waals surface area contributed by atoms with Crippen LogP contribution in [0.5, 0.6) is 0 Å². The average molecular weight is 186 g/mol. The first kappa shape index (κ1) is 8.88. The zero-order valence-electron chi connectivity index (χ0n) is 8.35. The average Bonchev–Trinajstić information content (AvgIpc) is 2.52. The zero-order chi connectivity index (χ0) is 9.97. The lowest BCUT2D eigenvalue weighted by atomic mass is 10.2. The molecule has 2 nitrogen and oxygen atoms in total. The molecule has 0 bridgehead atoms. The van der Waals surface area contributed by atoms with E-state index >= 15 is 0 Å². The molecule has 0 saturated heterocycles. The van der Waals surface area contributed by atoms with Crippen molar-refractivity contribution in [1.29, 1.82) is 0 Å². The minimum absolute atomic E-state index is 0.889. The molecule has 1 aliphatic rings. The zero-order valence-corrected chi connectivity index (χ0v) is 8.35. The molecule has 2 rings (SSSR count). The number of benzene rings is 1. The molecule has 0 unspecified atom stereocenters. The summed E-state index contributed by atoms with van der Waals surface area (Å²) < 4.78 is 0. The maximum Gasteiger partial charge on any atom is 0.105 e. The highest BCUT2D eigenvalue weighted by atomic mass is 15.3. The van der Waals surface area contributed by atoms with Crippen molar-refractivity contribution in [3.05, 3.63) is 60.7 Å². The summed E-state index contributed by atoms with van der Waals surface area (Å²) in [6.45, 7) is 4.89. The third-order valence-corrected chi connectivity index (χ3v) is 2.40. The van der Waals surface area contributed by atoms with Crippen molar-refractivity contribution in [2.45, 2.75) is 6.54 Å². The fraction of sp³-hybridized carbons (Fsp3) is 0.167. The summed E-state index contributed by atoms with van der Waals surface area (Å²) >= 11 is 0. The van der Waals surface area contributed by atoms with Gasteiger partial charge in [-0.15, -0.1) is 0 Å². The van der Waals surface area contributed by atoms with Crippen molar-refractivity contribution < 1.29 is 0 Å². The van der Waals surface area contributed by atoms with Crippen molar-refractivity contribution in [2.24, 2.45) is 0 Å². The summed E-state index contributed by atoms with van der Waals surface area (Å²) in [5.74, 6) is 1.02. The van der Waals surface area contributed by atoms with Crippen LogP contribution in [-0.2, 0) is 6.54 Å². The largest absolute Gasteiger partial charge is 0.337 e. The van der Waals surface area contributed by atoms with E-state index in [1.54, 1.807) is 0 Å². The fourth-order valence-electron chi connectivity index (χ4n) is 1.48. The van der Waals surface area contributed by atoms with E-state index in [4.69, 9.17) is 0 Å². The molecule has 0 aromatic heterocycles. The van der Waals surface area contributed by atoms with Crippen LogP contribution in [0.3, 0.4) is 0 Å². The molecule has 1 aromatic carbocycles. The molecular weight excluding hydrogens is 172 g/mol.